The van der Waals surface area contributed by atoms with E-state index in [0.29, 0.717) is 18.1 Å². The van der Waals surface area contributed by atoms with Crippen LogP contribution in [-0.2, 0) is 11.2 Å². The minimum Gasteiger partial charge on any atom is -0.302 e. The zero-order chi connectivity index (χ0) is 20.1. The van der Waals surface area contributed by atoms with Gasteiger partial charge in [-0.15, -0.1) is 12.4 Å². The van der Waals surface area contributed by atoms with Gasteiger partial charge in [-0.1, -0.05) is 55.0 Å². The van der Waals surface area contributed by atoms with Crippen molar-refractivity contribution in [2.24, 2.45) is 0 Å². The Bertz CT molecular complexity index is 958. The third-order valence-electron chi connectivity index (χ3n) is 4.84. The fraction of sp³-hybridized carbons (Fsp3) is 0.364. The predicted molar refractivity (Wildman–Crippen MR) is 122 cm³/mol. The Hall–Kier alpha value is -2.02. The molecule has 3 aromatic rings. The quantitative estimate of drug-likeness (QED) is 0.494. The molecular weight excluding hydrogens is 409 g/mol. The average Bonchev–Trinajstić information content (AvgIpc) is 3.07. The van der Waals surface area contributed by atoms with Crippen LogP contribution in [0.3, 0.4) is 0 Å². The summed E-state index contributed by atoms with van der Waals surface area (Å²) in [5.74, 6) is -0.277. The molecule has 1 aromatic heterocycles. The molecule has 0 atom stereocenters. The van der Waals surface area contributed by atoms with Crippen LogP contribution >= 0.6 is 23.7 Å². The van der Waals surface area contributed by atoms with Gasteiger partial charge in [-0.3, -0.25) is 9.69 Å². The van der Waals surface area contributed by atoms with Crippen molar-refractivity contribution in [1.82, 2.24) is 9.88 Å². The van der Waals surface area contributed by atoms with Crippen molar-refractivity contribution < 1.29 is 9.18 Å². The van der Waals surface area contributed by atoms with Crippen molar-refractivity contribution in [2.45, 2.75) is 27.2 Å². The third kappa shape index (κ3) is 5.98. The number of carbonyl (C=O) groups is 1. The van der Waals surface area contributed by atoms with E-state index in [1.54, 1.807) is 11.0 Å². The van der Waals surface area contributed by atoms with Gasteiger partial charge in [0.2, 0.25) is 5.91 Å². The van der Waals surface area contributed by atoms with E-state index in [0.717, 1.165) is 41.0 Å². The van der Waals surface area contributed by atoms with E-state index in [1.807, 2.05) is 31.2 Å². The molecule has 0 fully saturated rings. The van der Waals surface area contributed by atoms with Gasteiger partial charge >= 0.3 is 0 Å². The lowest BCUT2D eigenvalue weighted by Gasteiger charge is -2.24. The SMILES string of the molecule is CCN(CC)CCN(C(=O)Cc1cccc(C)c1)c1nc2ccc(F)cc2s1.Cl. The van der Waals surface area contributed by atoms with Crippen molar-refractivity contribution in [2.75, 3.05) is 31.1 Å². The minimum absolute atomic E-state index is 0. The normalized spacial score (nSPS) is 10.9. The number of likely N-dealkylation sites (N-methyl/N-ethyl adjacent to an activating group) is 1. The minimum atomic E-state index is -0.288. The molecule has 0 bridgehead atoms. The van der Waals surface area contributed by atoms with Gasteiger partial charge in [0.15, 0.2) is 5.13 Å². The predicted octanol–water partition coefficient (Wildman–Crippen LogP) is 5.08. The second-order valence-electron chi connectivity index (χ2n) is 6.85. The number of benzene rings is 2. The molecule has 1 amide bonds. The fourth-order valence-electron chi connectivity index (χ4n) is 3.20. The average molecular weight is 436 g/mol. The molecule has 0 saturated heterocycles. The van der Waals surface area contributed by atoms with Gasteiger partial charge < -0.3 is 4.90 Å². The number of amides is 1. The van der Waals surface area contributed by atoms with Crippen LogP contribution in [0.2, 0.25) is 0 Å². The summed E-state index contributed by atoms with van der Waals surface area (Å²) in [4.78, 5) is 21.8. The monoisotopic (exact) mass is 435 g/mol. The summed E-state index contributed by atoms with van der Waals surface area (Å²) in [6.45, 7) is 9.45. The Morgan fingerprint density at radius 3 is 2.55 bits per heavy atom. The number of aromatic nitrogens is 1. The van der Waals surface area contributed by atoms with Gasteiger partial charge in [0.05, 0.1) is 16.6 Å². The summed E-state index contributed by atoms with van der Waals surface area (Å²) in [5.41, 5.74) is 2.85. The Morgan fingerprint density at radius 2 is 1.86 bits per heavy atom. The summed E-state index contributed by atoms with van der Waals surface area (Å²) in [6.07, 6.45) is 0.324. The van der Waals surface area contributed by atoms with E-state index in [4.69, 9.17) is 0 Å². The van der Waals surface area contributed by atoms with Crippen molar-refractivity contribution >= 4 is 45.0 Å². The molecule has 2 aromatic carbocycles. The number of fused-ring (bicyclic) bond motifs is 1. The summed E-state index contributed by atoms with van der Waals surface area (Å²) in [6, 6.07) is 12.5. The molecule has 0 spiro atoms. The molecule has 7 heteroatoms. The van der Waals surface area contributed by atoms with E-state index in [1.165, 1.54) is 23.5 Å². The highest BCUT2D eigenvalue weighted by Crippen LogP contribution is 2.29. The molecule has 0 saturated carbocycles. The lowest BCUT2D eigenvalue weighted by Crippen LogP contribution is -2.39. The summed E-state index contributed by atoms with van der Waals surface area (Å²) in [7, 11) is 0. The highest BCUT2D eigenvalue weighted by molar-refractivity contribution is 7.22. The van der Waals surface area contributed by atoms with Gasteiger partial charge in [-0.05, 0) is 43.8 Å². The van der Waals surface area contributed by atoms with E-state index < -0.39 is 0 Å². The first kappa shape index (κ1) is 23.3. The van der Waals surface area contributed by atoms with E-state index in [2.05, 4.69) is 23.7 Å². The van der Waals surface area contributed by atoms with Crippen molar-refractivity contribution in [3.05, 3.63) is 59.4 Å². The van der Waals surface area contributed by atoms with Crippen LogP contribution in [0, 0.1) is 12.7 Å². The Kier molecular flexibility index (Phi) is 8.56. The molecule has 4 nitrogen and oxygen atoms in total. The first-order valence-corrected chi connectivity index (χ1v) is 10.5. The molecule has 0 aliphatic carbocycles. The second-order valence-corrected chi connectivity index (χ2v) is 7.86. The third-order valence-corrected chi connectivity index (χ3v) is 5.88. The van der Waals surface area contributed by atoms with E-state index in [9.17, 15) is 9.18 Å². The molecule has 0 aliphatic heterocycles. The van der Waals surface area contributed by atoms with Crippen LogP contribution < -0.4 is 4.90 Å². The molecular formula is C22H27ClFN3OS. The zero-order valence-electron chi connectivity index (χ0n) is 17.0. The lowest BCUT2D eigenvalue weighted by atomic mass is 10.1. The summed E-state index contributed by atoms with van der Waals surface area (Å²) in [5, 5.41) is 0.630. The highest BCUT2D eigenvalue weighted by Gasteiger charge is 2.21. The van der Waals surface area contributed by atoms with Crippen LogP contribution in [0.5, 0.6) is 0 Å². The maximum Gasteiger partial charge on any atom is 0.233 e. The second kappa shape index (κ2) is 10.7. The number of nitrogens with zero attached hydrogens (tertiary/aromatic N) is 3. The van der Waals surface area contributed by atoms with Gasteiger partial charge in [-0.2, -0.15) is 0 Å². The molecule has 0 unspecified atom stereocenters. The standard InChI is InChI=1S/C22H26FN3OS.ClH/c1-4-25(5-2)11-12-26(21(27)14-17-8-6-7-16(3)13-17)22-24-19-10-9-18(23)15-20(19)28-22;/h6-10,13,15H,4-5,11-12,14H2,1-3H3;1H. The van der Waals surface area contributed by atoms with Crippen molar-refractivity contribution in [3.8, 4) is 0 Å². The number of thiazole rings is 1. The maximum atomic E-state index is 13.6. The number of carbonyl (C=O) groups excluding carboxylic acids is 1. The van der Waals surface area contributed by atoms with Gasteiger partial charge in [0.1, 0.15) is 5.82 Å². The Balaban J connectivity index is 0.00000300. The van der Waals surface area contributed by atoms with Crippen LogP contribution in [0.4, 0.5) is 9.52 Å². The van der Waals surface area contributed by atoms with Gasteiger partial charge in [0, 0.05) is 13.1 Å². The number of aryl methyl sites for hydroxylation is 1. The molecule has 0 aliphatic rings. The summed E-state index contributed by atoms with van der Waals surface area (Å²) < 4.78 is 14.3. The first-order chi connectivity index (χ1) is 13.5. The van der Waals surface area contributed by atoms with Crippen LogP contribution in [-0.4, -0.2) is 42.0 Å². The fourth-order valence-corrected chi connectivity index (χ4v) is 4.24. The number of hydrogen-bond donors (Lipinski definition) is 0. The number of anilines is 1. The lowest BCUT2D eigenvalue weighted by molar-refractivity contribution is -0.118. The van der Waals surface area contributed by atoms with Crippen LogP contribution in [0.15, 0.2) is 42.5 Å². The molecule has 1 heterocycles. The summed E-state index contributed by atoms with van der Waals surface area (Å²) >= 11 is 1.36. The number of halogens is 2. The first-order valence-electron chi connectivity index (χ1n) is 9.64. The van der Waals surface area contributed by atoms with Gasteiger partial charge in [-0.25, -0.2) is 9.37 Å². The van der Waals surface area contributed by atoms with Crippen molar-refractivity contribution in [1.29, 1.82) is 0 Å². The van der Waals surface area contributed by atoms with Crippen LogP contribution in [0.25, 0.3) is 10.2 Å². The highest BCUT2D eigenvalue weighted by atomic mass is 35.5. The van der Waals surface area contributed by atoms with E-state index in [-0.39, 0.29) is 24.1 Å². The zero-order valence-corrected chi connectivity index (χ0v) is 18.7. The Morgan fingerprint density at radius 1 is 1.10 bits per heavy atom. The van der Waals surface area contributed by atoms with Gasteiger partial charge in [0.25, 0.3) is 0 Å². The number of rotatable bonds is 8. The molecule has 0 radical (unpaired) electrons. The Labute approximate surface area is 181 Å². The van der Waals surface area contributed by atoms with E-state index >= 15 is 0 Å². The molecule has 3 rings (SSSR count). The molecule has 0 N–H and O–H groups in total. The topological polar surface area (TPSA) is 36.4 Å². The maximum absolute atomic E-state index is 13.6. The van der Waals surface area contributed by atoms with Crippen molar-refractivity contribution in [3.63, 3.8) is 0 Å². The molecule has 156 valence electrons. The largest absolute Gasteiger partial charge is 0.302 e. The smallest absolute Gasteiger partial charge is 0.233 e. The molecule has 29 heavy (non-hydrogen) atoms. The van der Waals surface area contributed by atoms with Crippen LogP contribution in [0.1, 0.15) is 25.0 Å². The number of hydrogen-bond acceptors (Lipinski definition) is 4.